The maximum Gasteiger partial charge on any atom is 0.247 e. The monoisotopic (exact) mass is 244 g/mol. The molecule has 3 rings (SSSR count). The minimum Gasteiger partial charge on any atom is -0.357 e. The molecule has 1 fully saturated rings. The number of nitrogens with one attached hydrogen (secondary N) is 1. The molecule has 0 radical (unpaired) electrons. The Morgan fingerprint density at radius 2 is 2.17 bits per heavy atom. The Morgan fingerprint density at radius 3 is 2.94 bits per heavy atom. The quantitative estimate of drug-likeness (QED) is 0.761. The van der Waals surface area contributed by atoms with Gasteiger partial charge in [-0.2, -0.15) is 0 Å². The molecule has 96 valence electrons. The van der Waals surface area contributed by atoms with Gasteiger partial charge in [0.05, 0.1) is 11.4 Å². The minimum absolute atomic E-state index is 0.0273. The SMILES string of the molecule is Cc1cccc2c1NC(=O)C1N2CCCC1(C)C. The third-order valence-corrected chi connectivity index (χ3v) is 4.33. The number of anilines is 2. The second-order valence-corrected chi connectivity index (χ2v) is 6.15. The first-order valence-electron chi connectivity index (χ1n) is 6.68. The molecule has 1 unspecified atom stereocenters. The van der Waals surface area contributed by atoms with Crippen LogP contribution in [0.5, 0.6) is 0 Å². The maximum absolute atomic E-state index is 12.4. The van der Waals surface area contributed by atoms with Crippen LogP contribution < -0.4 is 10.2 Å². The molecular weight excluding hydrogens is 224 g/mol. The molecule has 1 amide bonds. The fourth-order valence-corrected chi connectivity index (χ4v) is 3.39. The lowest BCUT2D eigenvalue weighted by molar-refractivity contribution is -0.120. The van der Waals surface area contributed by atoms with Gasteiger partial charge in [0.25, 0.3) is 0 Å². The molecule has 1 saturated heterocycles. The van der Waals surface area contributed by atoms with Gasteiger partial charge in [-0.05, 0) is 36.8 Å². The van der Waals surface area contributed by atoms with E-state index >= 15 is 0 Å². The summed E-state index contributed by atoms with van der Waals surface area (Å²) in [6, 6.07) is 6.22. The lowest BCUT2D eigenvalue weighted by atomic mass is 9.74. The number of rotatable bonds is 0. The minimum atomic E-state index is -0.0273. The van der Waals surface area contributed by atoms with Crippen LogP contribution in [0.25, 0.3) is 0 Å². The molecule has 0 saturated carbocycles. The Balaban J connectivity index is 2.13. The van der Waals surface area contributed by atoms with Gasteiger partial charge in [0.1, 0.15) is 6.04 Å². The number of para-hydroxylation sites is 1. The van der Waals surface area contributed by atoms with Crippen molar-refractivity contribution in [2.45, 2.75) is 39.7 Å². The Hall–Kier alpha value is -1.51. The molecule has 0 aliphatic carbocycles. The highest BCUT2D eigenvalue weighted by Crippen LogP contribution is 2.44. The van der Waals surface area contributed by atoms with E-state index in [-0.39, 0.29) is 17.4 Å². The number of hydrogen-bond donors (Lipinski definition) is 1. The zero-order valence-corrected chi connectivity index (χ0v) is 11.3. The smallest absolute Gasteiger partial charge is 0.247 e. The highest BCUT2D eigenvalue weighted by Gasteiger charge is 2.45. The summed E-state index contributed by atoms with van der Waals surface area (Å²) in [6.45, 7) is 7.43. The zero-order chi connectivity index (χ0) is 12.9. The normalized spacial score (nSPS) is 25.2. The van der Waals surface area contributed by atoms with E-state index in [9.17, 15) is 4.79 Å². The Morgan fingerprint density at radius 1 is 1.39 bits per heavy atom. The standard InChI is InChI=1S/C15H20N2O/c1-10-6-4-7-11-12(10)16-14(18)13-15(2,3)8-5-9-17(11)13/h4,6-7,13H,5,8-9H2,1-3H3,(H,16,18). The van der Waals surface area contributed by atoms with Crippen molar-refractivity contribution < 1.29 is 4.79 Å². The first kappa shape index (κ1) is 11.6. The molecule has 0 spiro atoms. The molecule has 1 aromatic rings. The van der Waals surface area contributed by atoms with Crippen molar-refractivity contribution in [3.63, 3.8) is 0 Å². The van der Waals surface area contributed by atoms with Crippen LogP contribution in [0, 0.1) is 12.3 Å². The van der Waals surface area contributed by atoms with E-state index < -0.39 is 0 Å². The second-order valence-electron chi connectivity index (χ2n) is 6.15. The van der Waals surface area contributed by atoms with Gasteiger partial charge < -0.3 is 10.2 Å². The van der Waals surface area contributed by atoms with Gasteiger partial charge in [0.2, 0.25) is 5.91 Å². The number of aryl methyl sites for hydroxylation is 1. The van der Waals surface area contributed by atoms with Gasteiger partial charge in [-0.15, -0.1) is 0 Å². The van der Waals surface area contributed by atoms with Crippen LogP contribution in [0.4, 0.5) is 11.4 Å². The molecule has 18 heavy (non-hydrogen) atoms. The van der Waals surface area contributed by atoms with Crippen LogP contribution in [0.15, 0.2) is 18.2 Å². The van der Waals surface area contributed by atoms with Crippen LogP contribution in [0.1, 0.15) is 32.3 Å². The molecular formula is C15H20N2O. The first-order chi connectivity index (χ1) is 8.50. The van der Waals surface area contributed by atoms with Gasteiger partial charge in [-0.25, -0.2) is 0 Å². The topological polar surface area (TPSA) is 32.3 Å². The molecule has 0 aromatic heterocycles. The van der Waals surface area contributed by atoms with Crippen molar-refractivity contribution in [2.75, 3.05) is 16.8 Å². The van der Waals surface area contributed by atoms with Crippen LogP contribution in [0.3, 0.4) is 0 Å². The fourth-order valence-electron chi connectivity index (χ4n) is 3.39. The fraction of sp³-hybridized carbons (Fsp3) is 0.533. The van der Waals surface area contributed by atoms with E-state index in [1.165, 1.54) is 5.69 Å². The molecule has 3 heteroatoms. The Labute approximate surface area is 108 Å². The van der Waals surface area contributed by atoms with Gasteiger partial charge in [0.15, 0.2) is 0 Å². The molecule has 2 heterocycles. The van der Waals surface area contributed by atoms with Crippen molar-refractivity contribution in [3.8, 4) is 0 Å². The van der Waals surface area contributed by atoms with E-state index in [2.05, 4.69) is 49.2 Å². The van der Waals surface area contributed by atoms with Crippen molar-refractivity contribution in [1.82, 2.24) is 0 Å². The predicted molar refractivity (Wildman–Crippen MR) is 74.0 cm³/mol. The summed E-state index contributed by atoms with van der Waals surface area (Å²) in [5, 5.41) is 3.10. The van der Waals surface area contributed by atoms with Gasteiger partial charge >= 0.3 is 0 Å². The van der Waals surface area contributed by atoms with E-state index in [0.29, 0.717) is 0 Å². The molecule has 2 aliphatic heterocycles. The predicted octanol–water partition coefficient (Wildman–Crippen LogP) is 2.94. The number of benzene rings is 1. The average molecular weight is 244 g/mol. The summed E-state index contributed by atoms with van der Waals surface area (Å²) in [6.07, 6.45) is 2.27. The van der Waals surface area contributed by atoms with Crippen LogP contribution >= 0.6 is 0 Å². The second kappa shape index (κ2) is 3.74. The van der Waals surface area contributed by atoms with E-state index in [4.69, 9.17) is 0 Å². The number of amides is 1. The molecule has 1 N–H and O–H groups in total. The highest BCUT2D eigenvalue weighted by atomic mass is 16.2. The largest absolute Gasteiger partial charge is 0.357 e. The highest BCUT2D eigenvalue weighted by molar-refractivity contribution is 6.05. The summed E-state index contributed by atoms with van der Waals surface area (Å²) in [7, 11) is 0. The summed E-state index contributed by atoms with van der Waals surface area (Å²) in [4.78, 5) is 14.7. The van der Waals surface area contributed by atoms with Gasteiger partial charge in [-0.1, -0.05) is 26.0 Å². The number of fused-ring (bicyclic) bond motifs is 3. The van der Waals surface area contributed by atoms with Gasteiger partial charge in [0, 0.05) is 6.54 Å². The van der Waals surface area contributed by atoms with Crippen molar-refractivity contribution in [2.24, 2.45) is 5.41 Å². The maximum atomic E-state index is 12.4. The van der Waals surface area contributed by atoms with E-state index in [0.717, 1.165) is 30.6 Å². The number of nitrogens with zero attached hydrogens (tertiary/aromatic N) is 1. The molecule has 1 atom stereocenters. The molecule has 1 aromatic carbocycles. The zero-order valence-electron chi connectivity index (χ0n) is 11.3. The lowest BCUT2D eigenvalue weighted by Gasteiger charge is -2.49. The third-order valence-electron chi connectivity index (χ3n) is 4.33. The third kappa shape index (κ3) is 1.53. The molecule has 2 aliphatic rings. The van der Waals surface area contributed by atoms with Gasteiger partial charge in [-0.3, -0.25) is 4.79 Å². The van der Waals surface area contributed by atoms with E-state index in [1.807, 2.05) is 0 Å². The molecule has 0 bridgehead atoms. The first-order valence-corrected chi connectivity index (χ1v) is 6.68. The van der Waals surface area contributed by atoms with Crippen LogP contribution in [-0.4, -0.2) is 18.5 Å². The Kier molecular flexibility index (Phi) is 2.40. The van der Waals surface area contributed by atoms with E-state index in [1.54, 1.807) is 0 Å². The summed E-state index contributed by atoms with van der Waals surface area (Å²) >= 11 is 0. The number of carbonyl (C=O) groups is 1. The van der Waals surface area contributed by atoms with Crippen LogP contribution in [0.2, 0.25) is 0 Å². The summed E-state index contributed by atoms with van der Waals surface area (Å²) in [5.41, 5.74) is 3.37. The number of carbonyl (C=O) groups excluding carboxylic acids is 1. The Bertz CT molecular complexity index is 507. The van der Waals surface area contributed by atoms with Crippen LogP contribution in [-0.2, 0) is 4.79 Å². The number of piperidine rings is 1. The van der Waals surface area contributed by atoms with Crippen molar-refractivity contribution in [3.05, 3.63) is 23.8 Å². The average Bonchev–Trinajstić information content (AvgIpc) is 2.29. The lowest BCUT2D eigenvalue weighted by Crippen LogP contribution is -2.58. The summed E-state index contributed by atoms with van der Waals surface area (Å²) in [5.74, 6) is 0.154. The molecule has 3 nitrogen and oxygen atoms in total. The van der Waals surface area contributed by atoms with Crippen molar-refractivity contribution in [1.29, 1.82) is 0 Å². The van der Waals surface area contributed by atoms with Crippen molar-refractivity contribution >= 4 is 17.3 Å². The number of hydrogen-bond acceptors (Lipinski definition) is 2. The summed E-state index contributed by atoms with van der Waals surface area (Å²) < 4.78 is 0.